The quantitative estimate of drug-likeness (QED) is 0.685. The van der Waals surface area contributed by atoms with Crippen LogP contribution in [0.5, 0.6) is 0 Å². The van der Waals surface area contributed by atoms with Gasteiger partial charge in [-0.05, 0) is 18.2 Å². The molecule has 4 N–H and O–H groups in total. The van der Waals surface area contributed by atoms with Gasteiger partial charge in [-0.2, -0.15) is 0 Å². The predicted octanol–water partition coefficient (Wildman–Crippen LogP) is 0.334. The van der Waals surface area contributed by atoms with Gasteiger partial charge in [0, 0.05) is 31.3 Å². The highest BCUT2D eigenvalue weighted by Gasteiger charge is 2.05. The molecule has 0 atom stereocenters. The zero-order valence-corrected chi connectivity index (χ0v) is 9.12. The third kappa shape index (κ3) is 3.70. The van der Waals surface area contributed by atoms with Gasteiger partial charge in [0.1, 0.15) is 0 Å². The number of carbonyl (C=O) groups excluding carboxylic acids is 2. The molecular formula is C11H15N3O2. The normalized spacial score (nSPS) is 9.62. The monoisotopic (exact) mass is 221 g/mol. The lowest BCUT2D eigenvalue weighted by molar-refractivity contribution is -0.114. The van der Waals surface area contributed by atoms with Crippen LogP contribution in [0.15, 0.2) is 24.3 Å². The van der Waals surface area contributed by atoms with Crippen LogP contribution in [0.4, 0.5) is 5.69 Å². The van der Waals surface area contributed by atoms with Gasteiger partial charge in [0.25, 0.3) is 5.91 Å². The number of rotatable bonds is 4. The fraction of sp³-hybridized carbons (Fsp3) is 0.273. The first kappa shape index (κ1) is 12.2. The van der Waals surface area contributed by atoms with Crippen LogP contribution in [-0.4, -0.2) is 24.9 Å². The molecule has 0 saturated carbocycles. The topological polar surface area (TPSA) is 84.2 Å². The van der Waals surface area contributed by atoms with Crippen LogP contribution in [0.1, 0.15) is 17.3 Å². The van der Waals surface area contributed by atoms with E-state index in [1.807, 2.05) is 0 Å². The molecule has 5 heteroatoms. The summed E-state index contributed by atoms with van der Waals surface area (Å²) >= 11 is 0. The Hall–Kier alpha value is -1.88. The Morgan fingerprint density at radius 1 is 1.38 bits per heavy atom. The molecule has 5 nitrogen and oxygen atoms in total. The van der Waals surface area contributed by atoms with E-state index in [0.717, 1.165) is 0 Å². The molecule has 0 aliphatic heterocycles. The number of nitrogens with two attached hydrogens (primary N) is 1. The molecule has 1 rings (SSSR count). The Labute approximate surface area is 94.0 Å². The second-order valence-corrected chi connectivity index (χ2v) is 3.31. The smallest absolute Gasteiger partial charge is 0.251 e. The predicted molar refractivity (Wildman–Crippen MR) is 62.1 cm³/mol. The molecule has 86 valence electrons. The molecule has 0 radical (unpaired) electrons. The summed E-state index contributed by atoms with van der Waals surface area (Å²) in [7, 11) is 0. The standard InChI is InChI=1S/C11H15N3O2/c1-8(15)14-10-4-2-3-9(7-10)11(16)13-6-5-12/h2-4,7H,5-6,12H2,1H3,(H,13,16)(H,14,15). The van der Waals surface area contributed by atoms with Gasteiger partial charge in [0.2, 0.25) is 5.91 Å². The molecule has 1 aromatic carbocycles. The van der Waals surface area contributed by atoms with E-state index in [1.165, 1.54) is 6.92 Å². The number of anilines is 1. The molecular weight excluding hydrogens is 206 g/mol. The van der Waals surface area contributed by atoms with E-state index < -0.39 is 0 Å². The molecule has 0 aliphatic rings. The van der Waals surface area contributed by atoms with Crippen LogP contribution in [-0.2, 0) is 4.79 Å². The number of nitrogens with one attached hydrogen (secondary N) is 2. The number of hydrogen-bond donors (Lipinski definition) is 3. The summed E-state index contributed by atoms with van der Waals surface area (Å²) in [6.45, 7) is 2.25. The Balaban J connectivity index is 2.73. The van der Waals surface area contributed by atoms with Crippen molar-refractivity contribution in [2.45, 2.75) is 6.92 Å². The zero-order chi connectivity index (χ0) is 12.0. The second-order valence-electron chi connectivity index (χ2n) is 3.31. The van der Waals surface area contributed by atoms with Gasteiger partial charge in [-0.25, -0.2) is 0 Å². The lowest BCUT2D eigenvalue weighted by Crippen LogP contribution is -2.29. The molecule has 0 fully saturated rings. The van der Waals surface area contributed by atoms with E-state index in [9.17, 15) is 9.59 Å². The summed E-state index contributed by atoms with van der Waals surface area (Å²) in [5.74, 6) is -0.364. The van der Waals surface area contributed by atoms with Crippen LogP contribution in [0.3, 0.4) is 0 Å². The van der Waals surface area contributed by atoms with E-state index in [2.05, 4.69) is 10.6 Å². The van der Waals surface area contributed by atoms with E-state index in [4.69, 9.17) is 5.73 Å². The summed E-state index contributed by atoms with van der Waals surface area (Å²) in [6.07, 6.45) is 0. The molecule has 0 aliphatic carbocycles. The minimum Gasteiger partial charge on any atom is -0.351 e. The summed E-state index contributed by atoms with van der Waals surface area (Å²) in [4.78, 5) is 22.4. The van der Waals surface area contributed by atoms with Crippen molar-refractivity contribution in [1.29, 1.82) is 0 Å². The van der Waals surface area contributed by atoms with Crippen molar-refractivity contribution in [1.82, 2.24) is 5.32 Å². The van der Waals surface area contributed by atoms with Crippen molar-refractivity contribution in [3.8, 4) is 0 Å². The average molecular weight is 221 g/mol. The molecule has 1 aromatic rings. The summed E-state index contributed by atoms with van der Waals surface area (Å²) < 4.78 is 0. The maximum atomic E-state index is 11.6. The largest absolute Gasteiger partial charge is 0.351 e. The van der Waals surface area contributed by atoms with Crippen LogP contribution >= 0.6 is 0 Å². The number of hydrogen-bond acceptors (Lipinski definition) is 3. The minimum atomic E-state index is -0.197. The third-order valence-electron chi connectivity index (χ3n) is 1.88. The number of benzene rings is 1. The van der Waals surface area contributed by atoms with Crippen molar-refractivity contribution in [2.24, 2.45) is 5.73 Å². The Bertz CT molecular complexity index is 391. The number of amides is 2. The van der Waals surface area contributed by atoms with Gasteiger partial charge in [-0.3, -0.25) is 9.59 Å². The fourth-order valence-electron chi connectivity index (χ4n) is 1.23. The van der Waals surface area contributed by atoms with Gasteiger partial charge >= 0.3 is 0 Å². The minimum absolute atomic E-state index is 0.167. The lowest BCUT2D eigenvalue weighted by Gasteiger charge is -2.06. The molecule has 0 heterocycles. The first-order chi connectivity index (χ1) is 7.63. The van der Waals surface area contributed by atoms with Crippen molar-refractivity contribution in [2.75, 3.05) is 18.4 Å². The molecule has 16 heavy (non-hydrogen) atoms. The summed E-state index contributed by atoms with van der Waals surface area (Å²) in [5, 5.41) is 5.27. The van der Waals surface area contributed by atoms with Crippen LogP contribution in [0, 0.1) is 0 Å². The van der Waals surface area contributed by atoms with Gasteiger partial charge in [0.15, 0.2) is 0 Å². The molecule has 0 unspecified atom stereocenters. The SMILES string of the molecule is CC(=O)Nc1cccc(C(=O)NCCN)c1. The second kappa shape index (κ2) is 5.87. The van der Waals surface area contributed by atoms with Crippen molar-refractivity contribution < 1.29 is 9.59 Å². The van der Waals surface area contributed by atoms with E-state index in [-0.39, 0.29) is 11.8 Å². The van der Waals surface area contributed by atoms with Gasteiger partial charge < -0.3 is 16.4 Å². The first-order valence-electron chi connectivity index (χ1n) is 4.99. The molecule has 2 amide bonds. The van der Waals surface area contributed by atoms with E-state index in [1.54, 1.807) is 24.3 Å². The van der Waals surface area contributed by atoms with E-state index in [0.29, 0.717) is 24.3 Å². The van der Waals surface area contributed by atoms with Crippen molar-refractivity contribution in [3.63, 3.8) is 0 Å². The molecule has 0 saturated heterocycles. The first-order valence-corrected chi connectivity index (χ1v) is 4.99. The average Bonchev–Trinajstić information content (AvgIpc) is 2.25. The highest BCUT2D eigenvalue weighted by atomic mass is 16.2. The highest BCUT2D eigenvalue weighted by molar-refractivity contribution is 5.96. The summed E-state index contributed by atoms with van der Waals surface area (Å²) in [6, 6.07) is 6.73. The third-order valence-corrected chi connectivity index (χ3v) is 1.88. The van der Waals surface area contributed by atoms with E-state index >= 15 is 0 Å². The maximum Gasteiger partial charge on any atom is 0.251 e. The van der Waals surface area contributed by atoms with Gasteiger partial charge in [0.05, 0.1) is 0 Å². The van der Waals surface area contributed by atoms with Gasteiger partial charge in [-0.1, -0.05) is 6.07 Å². The highest BCUT2D eigenvalue weighted by Crippen LogP contribution is 2.10. The molecule has 0 bridgehead atoms. The van der Waals surface area contributed by atoms with Crippen LogP contribution < -0.4 is 16.4 Å². The Morgan fingerprint density at radius 2 is 2.12 bits per heavy atom. The Kier molecular flexibility index (Phi) is 4.47. The summed E-state index contributed by atoms with van der Waals surface area (Å²) in [5.41, 5.74) is 6.38. The number of carbonyl (C=O) groups is 2. The maximum absolute atomic E-state index is 11.6. The van der Waals surface area contributed by atoms with Crippen LogP contribution in [0.25, 0.3) is 0 Å². The van der Waals surface area contributed by atoms with Crippen molar-refractivity contribution >= 4 is 17.5 Å². The van der Waals surface area contributed by atoms with Gasteiger partial charge in [-0.15, -0.1) is 0 Å². The molecule has 0 spiro atoms. The van der Waals surface area contributed by atoms with Crippen molar-refractivity contribution in [3.05, 3.63) is 29.8 Å². The Morgan fingerprint density at radius 3 is 2.75 bits per heavy atom. The zero-order valence-electron chi connectivity index (χ0n) is 9.12. The fourth-order valence-corrected chi connectivity index (χ4v) is 1.23. The lowest BCUT2D eigenvalue weighted by atomic mass is 10.2. The molecule has 0 aromatic heterocycles. The van der Waals surface area contributed by atoms with Crippen LogP contribution in [0.2, 0.25) is 0 Å².